The van der Waals surface area contributed by atoms with Crippen LogP contribution in [0.5, 0.6) is 0 Å². The number of aromatic amines is 1. The standard InChI is InChI=1S/C20H33N7O6/c21-6-2-1-4-13(22)19(31)27-7-3-5-16(27)18(30)25-14(8-12-9-23-11-24-12)17(29)26-15(10-28)20(32)33/h9,11,13-16,28H,1-8,10,21-22H2,(H,23,24)(H,25,30)(H,26,29)(H,32,33). The molecule has 1 aliphatic rings. The number of aliphatic carboxylic acids is 1. The van der Waals surface area contributed by atoms with Gasteiger partial charge in [0.2, 0.25) is 17.7 Å². The van der Waals surface area contributed by atoms with Crippen LogP contribution in [0.3, 0.4) is 0 Å². The van der Waals surface area contributed by atoms with Crippen molar-refractivity contribution in [3.8, 4) is 0 Å². The number of aliphatic hydroxyl groups excluding tert-OH is 1. The molecule has 1 aromatic rings. The van der Waals surface area contributed by atoms with Crippen LogP contribution in [0.1, 0.15) is 37.8 Å². The highest BCUT2D eigenvalue weighted by Gasteiger charge is 2.37. The van der Waals surface area contributed by atoms with Crippen molar-refractivity contribution in [3.05, 3.63) is 18.2 Å². The zero-order chi connectivity index (χ0) is 24.4. The van der Waals surface area contributed by atoms with Crippen LogP contribution < -0.4 is 22.1 Å². The molecule has 1 aliphatic heterocycles. The Morgan fingerprint density at radius 2 is 2.00 bits per heavy atom. The number of amides is 3. The molecule has 0 radical (unpaired) electrons. The molecule has 184 valence electrons. The molecular weight excluding hydrogens is 434 g/mol. The summed E-state index contributed by atoms with van der Waals surface area (Å²) in [5.41, 5.74) is 12.0. The Hall–Kier alpha value is -3.03. The summed E-state index contributed by atoms with van der Waals surface area (Å²) < 4.78 is 0. The molecule has 0 bridgehead atoms. The van der Waals surface area contributed by atoms with Gasteiger partial charge in [0.25, 0.3) is 0 Å². The van der Waals surface area contributed by atoms with Gasteiger partial charge in [-0.05, 0) is 32.2 Å². The SMILES string of the molecule is NCCCCC(N)C(=O)N1CCCC1C(=O)NC(Cc1cnc[nH]1)C(=O)NC(CO)C(=O)O. The third kappa shape index (κ3) is 7.51. The number of nitrogens with two attached hydrogens (primary N) is 2. The molecule has 0 aliphatic carbocycles. The second kappa shape index (κ2) is 12.9. The first-order valence-electron chi connectivity index (χ1n) is 11.0. The van der Waals surface area contributed by atoms with Crippen molar-refractivity contribution in [3.63, 3.8) is 0 Å². The minimum Gasteiger partial charge on any atom is -0.480 e. The molecule has 2 rings (SSSR count). The number of aliphatic hydroxyl groups is 1. The van der Waals surface area contributed by atoms with E-state index in [0.29, 0.717) is 44.5 Å². The lowest BCUT2D eigenvalue weighted by Gasteiger charge is -2.28. The number of carbonyl (C=O) groups is 4. The number of H-pyrrole nitrogens is 1. The number of carboxylic acid groups (broad SMARTS) is 1. The minimum atomic E-state index is -1.52. The molecule has 0 aromatic carbocycles. The molecule has 1 saturated heterocycles. The quantitative estimate of drug-likeness (QED) is 0.152. The van der Waals surface area contributed by atoms with Crippen LogP contribution in [0.4, 0.5) is 0 Å². The van der Waals surface area contributed by atoms with Crippen molar-refractivity contribution in [1.82, 2.24) is 25.5 Å². The van der Waals surface area contributed by atoms with E-state index in [1.807, 2.05) is 0 Å². The summed E-state index contributed by atoms with van der Waals surface area (Å²) in [6.45, 7) is 0.0811. The molecule has 3 amide bonds. The van der Waals surface area contributed by atoms with Crippen molar-refractivity contribution in [1.29, 1.82) is 0 Å². The first-order valence-corrected chi connectivity index (χ1v) is 11.0. The van der Waals surface area contributed by atoms with Crippen molar-refractivity contribution >= 4 is 23.7 Å². The number of likely N-dealkylation sites (tertiary alicyclic amines) is 1. The molecule has 33 heavy (non-hydrogen) atoms. The number of aromatic nitrogens is 2. The zero-order valence-electron chi connectivity index (χ0n) is 18.4. The molecular formula is C20H33N7O6. The molecule has 9 N–H and O–H groups in total. The van der Waals surface area contributed by atoms with Gasteiger partial charge in [0, 0.05) is 24.9 Å². The molecule has 1 aromatic heterocycles. The largest absolute Gasteiger partial charge is 0.480 e. The lowest BCUT2D eigenvalue weighted by molar-refractivity contribution is -0.144. The summed E-state index contributed by atoms with van der Waals surface area (Å²) >= 11 is 0. The van der Waals surface area contributed by atoms with E-state index in [2.05, 4.69) is 20.6 Å². The van der Waals surface area contributed by atoms with Crippen molar-refractivity contribution in [2.45, 2.75) is 62.7 Å². The lowest BCUT2D eigenvalue weighted by Crippen LogP contribution is -2.57. The maximum absolute atomic E-state index is 13.0. The van der Waals surface area contributed by atoms with E-state index in [-0.39, 0.29) is 12.3 Å². The van der Waals surface area contributed by atoms with E-state index in [1.54, 1.807) is 0 Å². The fourth-order valence-corrected chi connectivity index (χ4v) is 3.70. The van der Waals surface area contributed by atoms with E-state index in [9.17, 15) is 24.3 Å². The Morgan fingerprint density at radius 3 is 2.61 bits per heavy atom. The number of imidazole rings is 1. The number of rotatable bonds is 13. The first kappa shape index (κ1) is 26.2. The number of carboxylic acids is 1. The Balaban J connectivity index is 2.09. The van der Waals surface area contributed by atoms with E-state index < -0.39 is 48.6 Å². The van der Waals surface area contributed by atoms with Crippen LogP contribution in [0.15, 0.2) is 12.5 Å². The van der Waals surface area contributed by atoms with Crippen LogP contribution in [0, 0.1) is 0 Å². The van der Waals surface area contributed by atoms with E-state index in [4.69, 9.17) is 16.6 Å². The summed E-state index contributed by atoms with van der Waals surface area (Å²) in [6.07, 6.45) is 5.83. The minimum absolute atomic E-state index is 0.00854. The first-order chi connectivity index (χ1) is 15.8. The van der Waals surface area contributed by atoms with Gasteiger partial charge in [0.1, 0.15) is 18.1 Å². The number of hydrogen-bond donors (Lipinski definition) is 7. The Kier molecular flexibility index (Phi) is 10.2. The maximum Gasteiger partial charge on any atom is 0.328 e. The highest BCUT2D eigenvalue weighted by molar-refractivity contribution is 5.94. The second-order valence-electron chi connectivity index (χ2n) is 8.00. The number of unbranched alkanes of at least 4 members (excludes halogenated alkanes) is 1. The van der Waals surface area contributed by atoms with Gasteiger partial charge in [-0.25, -0.2) is 9.78 Å². The van der Waals surface area contributed by atoms with Gasteiger partial charge in [0.05, 0.1) is 19.0 Å². The van der Waals surface area contributed by atoms with E-state index >= 15 is 0 Å². The Bertz CT molecular complexity index is 803. The maximum atomic E-state index is 13.0. The predicted molar refractivity (Wildman–Crippen MR) is 116 cm³/mol. The average molecular weight is 468 g/mol. The smallest absolute Gasteiger partial charge is 0.328 e. The zero-order valence-corrected chi connectivity index (χ0v) is 18.4. The predicted octanol–water partition coefficient (Wildman–Crippen LogP) is -2.55. The van der Waals surface area contributed by atoms with Crippen LogP contribution in [0.2, 0.25) is 0 Å². The number of hydrogen-bond acceptors (Lipinski definition) is 8. The van der Waals surface area contributed by atoms with Gasteiger partial charge in [-0.1, -0.05) is 6.42 Å². The molecule has 13 nitrogen and oxygen atoms in total. The van der Waals surface area contributed by atoms with Crippen LogP contribution in [-0.2, 0) is 25.6 Å². The fourth-order valence-electron chi connectivity index (χ4n) is 3.70. The highest BCUT2D eigenvalue weighted by atomic mass is 16.4. The van der Waals surface area contributed by atoms with Gasteiger partial charge in [-0.3, -0.25) is 14.4 Å². The van der Waals surface area contributed by atoms with Gasteiger partial charge >= 0.3 is 5.97 Å². The molecule has 0 saturated carbocycles. The fraction of sp³-hybridized carbons (Fsp3) is 0.650. The third-order valence-electron chi connectivity index (χ3n) is 5.53. The van der Waals surface area contributed by atoms with E-state index in [0.717, 1.165) is 6.42 Å². The van der Waals surface area contributed by atoms with Gasteiger partial charge in [-0.15, -0.1) is 0 Å². The molecule has 4 unspecified atom stereocenters. The van der Waals surface area contributed by atoms with E-state index in [1.165, 1.54) is 17.4 Å². The second-order valence-corrected chi connectivity index (χ2v) is 8.00. The molecule has 1 fully saturated rings. The van der Waals surface area contributed by atoms with Crippen molar-refractivity contribution in [2.75, 3.05) is 19.7 Å². The van der Waals surface area contributed by atoms with Gasteiger partial charge in [0.15, 0.2) is 0 Å². The summed E-state index contributed by atoms with van der Waals surface area (Å²) in [5, 5.41) is 23.1. The summed E-state index contributed by atoms with van der Waals surface area (Å²) in [5.74, 6) is -3.06. The Morgan fingerprint density at radius 1 is 1.24 bits per heavy atom. The van der Waals surface area contributed by atoms with Crippen molar-refractivity contribution < 1.29 is 29.4 Å². The van der Waals surface area contributed by atoms with Gasteiger partial charge < -0.3 is 42.2 Å². The topological polar surface area (TPSA) is 217 Å². The molecule has 13 heteroatoms. The monoisotopic (exact) mass is 467 g/mol. The lowest BCUT2D eigenvalue weighted by atomic mass is 10.1. The normalized spacial score (nSPS) is 18.4. The summed E-state index contributed by atoms with van der Waals surface area (Å²) in [6, 6.07) is -4.20. The number of nitrogens with one attached hydrogen (secondary N) is 3. The average Bonchev–Trinajstić information content (AvgIpc) is 3.48. The molecule has 2 heterocycles. The number of nitrogens with zero attached hydrogens (tertiary/aromatic N) is 2. The van der Waals surface area contributed by atoms with Crippen LogP contribution >= 0.6 is 0 Å². The third-order valence-corrected chi connectivity index (χ3v) is 5.53. The van der Waals surface area contributed by atoms with Crippen LogP contribution in [0.25, 0.3) is 0 Å². The highest BCUT2D eigenvalue weighted by Crippen LogP contribution is 2.19. The summed E-state index contributed by atoms with van der Waals surface area (Å²) in [7, 11) is 0. The molecule has 0 spiro atoms. The summed E-state index contributed by atoms with van der Waals surface area (Å²) in [4.78, 5) is 57.9. The number of carbonyl (C=O) groups excluding carboxylic acids is 3. The van der Waals surface area contributed by atoms with Crippen LogP contribution in [-0.4, -0.2) is 92.6 Å². The van der Waals surface area contributed by atoms with Crippen molar-refractivity contribution in [2.24, 2.45) is 11.5 Å². The van der Waals surface area contributed by atoms with Gasteiger partial charge in [-0.2, -0.15) is 0 Å². The molecule has 4 atom stereocenters. The Labute approximate surface area is 191 Å².